The number of piperidine rings is 1. The van der Waals surface area contributed by atoms with E-state index in [-0.39, 0.29) is 11.9 Å². The second-order valence-electron chi connectivity index (χ2n) is 5.71. The maximum absolute atomic E-state index is 13.8. The molecule has 1 saturated heterocycles. The smallest absolute Gasteiger partial charge is 0.126 e. The van der Waals surface area contributed by atoms with E-state index in [4.69, 9.17) is 4.74 Å². The van der Waals surface area contributed by atoms with Gasteiger partial charge in [0.25, 0.3) is 0 Å². The lowest BCUT2D eigenvalue weighted by Gasteiger charge is -2.40. The molecule has 1 aromatic rings. The number of likely N-dealkylation sites (tertiary alicyclic amines) is 1. The van der Waals surface area contributed by atoms with Crippen LogP contribution >= 0.6 is 0 Å². The molecule has 2 nitrogen and oxygen atoms in total. The number of hydrogen-bond donors (Lipinski definition) is 0. The van der Waals surface area contributed by atoms with Gasteiger partial charge >= 0.3 is 0 Å². The highest BCUT2D eigenvalue weighted by molar-refractivity contribution is 5.18. The molecule has 2 atom stereocenters. The zero-order valence-corrected chi connectivity index (χ0v) is 12.1. The molecule has 0 aromatic heterocycles. The molecule has 0 spiro atoms. The molecule has 1 aromatic carbocycles. The topological polar surface area (TPSA) is 12.5 Å². The van der Waals surface area contributed by atoms with Gasteiger partial charge in [0.15, 0.2) is 0 Å². The lowest BCUT2D eigenvalue weighted by atomic mass is 9.88. The number of ether oxygens (including phenoxy) is 1. The molecule has 0 N–H and O–H groups in total. The van der Waals surface area contributed by atoms with Crippen LogP contribution in [0.3, 0.4) is 0 Å². The zero-order chi connectivity index (χ0) is 13.8. The van der Waals surface area contributed by atoms with Crippen molar-refractivity contribution in [1.82, 2.24) is 4.90 Å². The summed E-state index contributed by atoms with van der Waals surface area (Å²) < 4.78 is 19.4. The van der Waals surface area contributed by atoms with Gasteiger partial charge in [-0.25, -0.2) is 4.39 Å². The molecular weight excluding hydrogens is 241 g/mol. The number of rotatable bonds is 4. The Morgan fingerprint density at radius 3 is 2.74 bits per heavy atom. The number of nitrogens with zero attached hydrogens (tertiary/aromatic N) is 1. The molecule has 0 amide bonds. The van der Waals surface area contributed by atoms with E-state index in [1.165, 1.54) is 0 Å². The van der Waals surface area contributed by atoms with Gasteiger partial charge < -0.3 is 9.64 Å². The fourth-order valence-electron chi connectivity index (χ4n) is 2.96. The Kier molecular flexibility index (Phi) is 4.94. The molecule has 2 rings (SSSR count). The Bertz CT molecular complexity index is 407. The van der Waals surface area contributed by atoms with E-state index in [1.807, 2.05) is 12.1 Å². The van der Waals surface area contributed by atoms with Crippen LogP contribution in [0, 0.1) is 11.7 Å². The first-order valence-corrected chi connectivity index (χ1v) is 7.12. The molecule has 106 valence electrons. The molecule has 1 aliphatic heterocycles. The van der Waals surface area contributed by atoms with Gasteiger partial charge in [0, 0.05) is 32.2 Å². The third-order valence-corrected chi connectivity index (χ3v) is 4.17. The minimum Gasteiger partial charge on any atom is -0.381 e. The van der Waals surface area contributed by atoms with Crippen molar-refractivity contribution in [3.8, 4) is 0 Å². The van der Waals surface area contributed by atoms with Gasteiger partial charge in [-0.3, -0.25) is 0 Å². The molecule has 0 aliphatic carbocycles. The summed E-state index contributed by atoms with van der Waals surface area (Å²) in [7, 11) is 1.77. The van der Waals surface area contributed by atoms with Crippen molar-refractivity contribution in [3.05, 3.63) is 35.6 Å². The fraction of sp³-hybridized carbons (Fsp3) is 0.625. The van der Waals surface area contributed by atoms with Crippen molar-refractivity contribution in [2.75, 3.05) is 20.2 Å². The van der Waals surface area contributed by atoms with Crippen LogP contribution < -0.4 is 0 Å². The Morgan fingerprint density at radius 1 is 1.37 bits per heavy atom. The lowest BCUT2D eigenvalue weighted by Crippen LogP contribution is -2.47. The summed E-state index contributed by atoms with van der Waals surface area (Å²) in [5.41, 5.74) is 0.806. The van der Waals surface area contributed by atoms with Gasteiger partial charge in [-0.05, 0) is 38.3 Å². The van der Waals surface area contributed by atoms with Gasteiger partial charge in [0.1, 0.15) is 5.82 Å². The first-order chi connectivity index (χ1) is 9.11. The first-order valence-electron chi connectivity index (χ1n) is 7.12. The third kappa shape index (κ3) is 3.54. The van der Waals surface area contributed by atoms with Crippen molar-refractivity contribution >= 4 is 0 Å². The highest BCUT2D eigenvalue weighted by atomic mass is 19.1. The summed E-state index contributed by atoms with van der Waals surface area (Å²) in [6.07, 6.45) is 2.04. The molecule has 0 bridgehead atoms. The summed E-state index contributed by atoms with van der Waals surface area (Å²) >= 11 is 0. The molecule has 1 fully saturated rings. The van der Waals surface area contributed by atoms with E-state index in [0.29, 0.717) is 12.0 Å². The lowest BCUT2D eigenvalue weighted by molar-refractivity contribution is -0.0146. The number of halogens is 1. The molecule has 1 aliphatic rings. The Hall–Kier alpha value is -0.930. The molecule has 1 heterocycles. The van der Waals surface area contributed by atoms with Crippen LogP contribution in [0.5, 0.6) is 0 Å². The second kappa shape index (κ2) is 6.49. The summed E-state index contributed by atoms with van der Waals surface area (Å²) in [5, 5.41) is 0. The normalized spacial score (nSPS) is 24.9. The van der Waals surface area contributed by atoms with Gasteiger partial charge in [-0.2, -0.15) is 0 Å². The highest BCUT2D eigenvalue weighted by Crippen LogP contribution is 2.25. The fourth-order valence-corrected chi connectivity index (χ4v) is 2.96. The molecule has 0 unspecified atom stereocenters. The van der Waals surface area contributed by atoms with Crippen LogP contribution in [-0.2, 0) is 11.2 Å². The van der Waals surface area contributed by atoms with Crippen LogP contribution in [-0.4, -0.2) is 37.2 Å². The minimum atomic E-state index is -0.0981. The summed E-state index contributed by atoms with van der Waals surface area (Å²) in [6, 6.07) is 7.62. The summed E-state index contributed by atoms with van der Waals surface area (Å²) in [6.45, 7) is 6.50. The number of methoxy groups -OCH3 is 1. The first kappa shape index (κ1) is 14.5. The van der Waals surface area contributed by atoms with Crippen LogP contribution in [0.1, 0.15) is 25.8 Å². The van der Waals surface area contributed by atoms with Crippen molar-refractivity contribution in [3.63, 3.8) is 0 Å². The van der Waals surface area contributed by atoms with E-state index in [9.17, 15) is 4.39 Å². The molecular formula is C16H24FNO. The highest BCUT2D eigenvalue weighted by Gasteiger charge is 2.30. The predicted octanol–water partition coefficient (Wildman–Crippen LogP) is 3.11. The Balaban J connectivity index is 2.08. The predicted molar refractivity (Wildman–Crippen MR) is 75.7 cm³/mol. The minimum absolute atomic E-state index is 0.0981. The molecule has 3 heteroatoms. The molecule has 19 heavy (non-hydrogen) atoms. The van der Waals surface area contributed by atoms with Crippen molar-refractivity contribution in [2.24, 2.45) is 5.92 Å². The average molecular weight is 265 g/mol. The SMILES string of the molecule is CO[C@@H]1CCN(C(C)C)C[C@H]1Cc1ccccc1F. The van der Waals surface area contributed by atoms with E-state index < -0.39 is 0 Å². The Morgan fingerprint density at radius 2 is 2.11 bits per heavy atom. The molecule has 0 saturated carbocycles. The standard InChI is InChI=1S/C16H24FNO/c1-12(2)18-9-8-16(19-3)14(11-18)10-13-6-4-5-7-15(13)17/h4-7,12,14,16H,8-11H2,1-3H3/t14-,16-/m1/s1. The van der Waals surface area contributed by atoms with E-state index in [0.717, 1.165) is 31.5 Å². The van der Waals surface area contributed by atoms with Gasteiger partial charge in [-0.1, -0.05) is 18.2 Å². The molecule has 0 radical (unpaired) electrons. The van der Waals surface area contributed by atoms with Crippen LogP contribution in [0.25, 0.3) is 0 Å². The Labute approximate surface area is 115 Å². The maximum atomic E-state index is 13.8. The zero-order valence-electron chi connectivity index (χ0n) is 12.1. The van der Waals surface area contributed by atoms with Gasteiger partial charge in [0.05, 0.1) is 6.10 Å². The van der Waals surface area contributed by atoms with Crippen LogP contribution in [0.2, 0.25) is 0 Å². The van der Waals surface area contributed by atoms with Crippen LogP contribution in [0.15, 0.2) is 24.3 Å². The van der Waals surface area contributed by atoms with Crippen LogP contribution in [0.4, 0.5) is 4.39 Å². The monoisotopic (exact) mass is 265 g/mol. The van der Waals surface area contributed by atoms with Crippen molar-refractivity contribution in [2.45, 2.75) is 38.8 Å². The van der Waals surface area contributed by atoms with Gasteiger partial charge in [0.2, 0.25) is 0 Å². The van der Waals surface area contributed by atoms with E-state index >= 15 is 0 Å². The second-order valence-corrected chi connectivity index (χ2v) is 5.71. The summed E-state index contributed by atoms with van der Waals surface area (Å²) in [5.74, 6) is 0.275. The average Bonchev–Trinajstić information content (AvgIpc) is 2.41. The van der Waals surface area contributed by atoms with E-state index in [1.54, 1.807) is 19.2 Å². The maximum Gasteiger partial charge on any atom is 0.126 e. The van der Waals surface area contributed by atoms with E-state index in [2.05, 4.69) is 18.7 Å². The largest absolute Gasteiger partial charge is 0.381 e. The number of benzene rings is 1. The van der Waals surface area contributed by atoms with Crippen molar-refractivity contribution < 1.29 is 9.13 Å². The van der Waals surface area contributed by atoms with Gasteiger partial charge in [-0.15, -0.1) is 0 Å². The quantitative estimate of drug-likeness (QED) is 0.829. The number of hydrogen-bond acceptors (Lipinski definition) is 2. The third-order valence-electron chi connectivity index (χ3n) is 4.17. The summed E-state index contributed by atoms with van der Waals surface area (Å²) in [4.78, 5) is 2.46. The van der Waals surface area contributed by atoms with Crippen molar-refractivity contribution in [1.29, 1.82) is 0 Å².